The topological polar surface area (TPSA) is 47.0 Å². The van der Waals surface area contributed by atoms with Crippen LogP contribution in [-0.4, -0.2) is 29.2 Å². The maximum Gasteiger partial charge on any atom is 0.143 e. The van der Waals surface area contributed by atoms with Crippen molar-refractivity contribution in [3.05, 3.63) is 15.6 Å². The fourth-order valence-electron chi connectivity index (χ4n) is 1.97. The Kier molecular flexibility index (Phi) is 4.97. The smallest absolute Gasteiger partial charge is 0.143 e. The quantitative estimate of drug-likeness (QED) is 0.851. The number of hydrogen-bond donors (Lipinski definition) is 1. The van der Waals surface area contributed by atoms with Gasteiger partial charge in [-0.3, -0.25) is 0 Å². The minimum absolute atomic E-state index is 0.304. The van der Waals surface area contributed by atoms with Crippen molar-refractivity contribution in [2.75, 3.05) is 18.5 Å². The average molecular weight is 347 g/mol. The second-order valence-corrected chi connectivity index (χ2v) is 5.37. The summed E-state index contributed by atoms with van der Waals surface area (Å²) in [5, 5.41) is 3.25. The first-order valence-corrected chi connectivity index (χ1v) is 7.24. The molecule has 2 heterocycles. The molecule has 1 aromatic rings. The van der Waals surface area contributed by atoms with Crippen LogP contribution in [0.2, 0.25) is 0 Å². The molecule has 1 aromatic heterocycles. The van der Waals surface area contributed by atoms with Crippen molar-refractivity contribution in [1.82, 2.24) is 9.97 Å². The molecule has 0 aliphatic carbocycles. The highest BCUT2D eigenvalue weighted by molar-refractivity contribution is 14.1. The molecular weight excluding hydrogens is 329 g/mol. The molecule has 1 N–H and O–H groups in total. The molecule has 1 aliphatic heterocycles. The monoisotopic (exact) mass is 347 g/mol. The van der Waals surface area contributed by atoms with Crippen LogP contribution in [0.4, 0.5) is 5.82 Å². The number of rotatable bonds is 4. The Balaban J connectivity index is 2.02. The van der Waals surface area contributed by atoms with E-state index in [1.54, 1.807) is 0 Å². The lowest BCUT2D eigenvalue weighted by molar-refractivity contribution is 0.0156. The summed E-state index contributed by atoms with van der Waals surface area (Å²) < 4.78 is 6.78. The van der Waals surface area contributed by atoms with E-state index in [1.165, 1.54) is 12.8 Å². The lowest BCUT2D eigenvalue weighted by atomic mass is 10.1. The second kappa shape index (κ2) is 6.49. The van der Waals surface area contributed by atoms with Crippen molar-refractivity contribution < 1.29 is 4.74 Å². The van der Waals surface area contributed by atoms with Gasteiger partial charge in [0.1, 0.15) is 11.6 Å². The highest BCUT2D eigenvalue weighted by atomic mass is 127. The summed E-state index contributed by atoms with van der Waals surface area (Å²) in [5.41, 5.74) is 0. The number of halogens is 1. The van der Waals surface area contributed by atoms with Gasteiger partial charge < -0.3 is 10.1 Å². The highest BCUT2D eigenvalue weighted by Gasteiger charge is 2.16. The lowest BCUT2D eigenvalue weighted by Crippen LogP contribution is -2.22. The van der Waals surface area contributed by atoms with Crippen LogP contribution in [0, 0.1) is 3.57 Å². The zero-order chi connectivity index (χ0) is 12.1. The van der Waals surface area contributed by atoms with E-state index in [-0.39, 0.29) is 0 Å². The Morgan fingerprint density at radius 1 is 1.53 bits per heavy atom. The molecule has 0 spiro atoms. The zero-order valence-corrected chi connectivity index (χ0v) is 12.2. The van der Waals surface area contributed by atoms with Gasteiger partial charge in [-0.05, 0) is 48.8 Å². The fraction of sp³-hybridized carbons (Fsp3) is 0.667. The van der Waals surface area contributed by atoms with Gasteiger partial charge in [0.15, 0.2) is 0 Å². The molecule has 1 fully saturated rings. The predicted octanol–water partition coefficient (Wildman–Crippen LogP) is 2.62. The molecule has 94 valence electrons. The van der Waals surface area contributed by atoms with Crippen LogP contribution >= 0.6 is 22.6 Å². The van der Waals surface area contributed by atoms with Crippen molar-refractivity contribution in [3.8, 4) is 0 Å². The zero-order valence-electron chi connectivity index (χ0n) is 10.1. The molecular formula is C12H18IN3O. The molecule has 0 saturated carbocycles. The highest BCUT2D eigenvalue weighted by Crippen LogP contribution is 2.18. The molecule has 0 aromatic carbocycles. The van der Waals surface area contributed by atoms with E-state index in [0.29, 0.717) is 6.10 Å². The Hall–Kier alpha value is -0.430. The van der Waals surface area contributed by atoms with Crippen LogP contribution in [0.5, 0.6) is 0 Å². The first kappa shape index (κ1) is 13.0. The van der Waals surface area contributed by atoms with Crippen LogP contribution in [0.25, 0.3) is 0 Å². The molecule has 0 bridgehead atoms. The second-order valence-electron chi connectivity index (χ2n) is 4.21. The van der Waals surface area contributed by atoms with Gasteiger partial charge in [0, 0.05) is 25.8 Å². The first-order valence-electron chi connectivity index (χ1n) is 6.16. The Morgan fingerprint density at radius 2 is 2.41 bits per heavy atom. The summed E-state index contributed by atoms with van der Waals surface area (Å²) >= 11 is 2.25. The molecule has 1 unspecified atom stereocenters. The van der Waals surface area contributed by atoms with E-state index in [2.05, 4.69) is 44.8 Å². The Morgan fingerprint density at radius 3 is 3.12 bits per heavy atom. The summed E-state index contributed by atoms with van der Waals surface area (Å²) in [4.78, 5) is 8.92. The van der Waals surface area contributed by atoms with Gasteiger partial charge in [0.25, 0.3) is 0 Å². The number of ether oxygens (including phenoxy) is 1. The third-order valence-corrected chi connectivity index (χ3v) is 3.61. The summed E-state index contributed by atoms with van der Waals surface area (Å²) in [7, 11) is 0. The molecule has 5 heteroatoms. The maximum absolute atomic E-state index is 5.71. The van der Waals surface area contributed by atoms with Gasteiger partial charge >= 0.3 is 0 Å². The molecule has 1 atom stereocenters. The van der Waals surface area contributed by atoms with Crippen molar-refractivity contribution in [2.24, 2.45) is 0 Å². The van der Waals surface area contributed by atoms with Crippen LogP contribution < -0.4 is 5.32 Å². The van der Waals surface area contributed by atoms with Crippen molar-refractivity contribution >= 4 is 28.4 Å². The third-order valence-electron chi connectivity index (χ3n) is 2.82. The van der Waals surface area contributed by atoms with Crippen molar-refractivity contribution in [1.29, 1.82) is 0 Å². The Bertz CT molecular complexity index is 367. The van der Waals surface area contributed by atoms with E-state index >= 15 is 0 Å². The van der Waals surface area contributed by atoms with Gasteiger partial charge in [0.2, 0.25) is 0 Å². The standard InChI is InChI=1S/C12H18IN3O/c1-2-14-12-10(13)8-15-11(16-12)7-9-5-3-4-6-17-9/h8-9H,2-7H2,1H3,(H,14,15,16). The summed E-state index contributed by atoms with van der Waals surface area (Å²) in [6.45, 7) is 3.84. The van der Waals surface area contributed by atoms with E-state index in [4.69, 9.17) is 4.74 Å². The summed E-state index contributed by atoms with van der Waals surface area (Å²) in [6, 6.07) is 0. The molecule has 1 saturated heterocycles. The van der Waals surface area contributed by atoms with Crippen LogP contribution in [0.3, 0.4) is 0 Å². The minimum Gasteiger partial charge on any atom is -0.378 e. The largest absolute Gasteiger partial charge is 0.378 e. The number of hydrogen-bond acceptors (Lipinski definition) is 4. The number of nitrogens with zero attached hydrogens (tertiary/aromatic N) is 2. The van der Waals surface area contributed by atoms with Crippen LogP contribution in [0.1, 0.15) is 32.0 Å². The van der Waals surface area contributed by atoms with Gasteiger partial charge in [-0.15, -0.1) is 0 Å². The lowest BCUT2D eigenvalue weighted by Gasteiger charge is -2.21. The summed E-state index contributed by atoms with van der Waals surface area (Å²) in [5.74, 6) is 1.82. The fourth-order valence-corrected chi connectivity index (χ4v) is 2.42. The van der Waals surface area contributed by atoms with Crippen molar-refractivity contribution in [3.63, 3.8) is 0 Å². The van der Waals surface area contributed by atoms with Gasteiger partial charge in [-0.1, -0.05) is 0 Å². The number of nitrogens with one attached hydrogen (secondary N) is 1. The summed E-state index contributed by atoms with van der Waals surface area (Å²) in [6.07, 6.45) is 6.59. The molecule has 2 rings (SSSR count). The molecule has 1 aliphatic rings. The first-order chi connectivity index (χ1) is 8.29. The molecule has 4 nitrogen and oxygen atoms in total. The van der Waals surface area contributed by atoms with Gasteiger partial charge in [0.05, 0.1) is 9.67 Å². The van der Waals surface area contributed by atoms with Crippen LogP contribution in [0.15, 0.2) is 6.20 Å². The van der Waals surface area contributed by atoms with Gasteiger partial charge in [-0.25, -0.2) is 9.97 Å². The molecule has 0 amide bonds. The van der Waals surface area contributed by atoms with Crippen LogP contribution in [-0.2, 0) is 11.2 Å². The minimum atomic E-state index is 0.304. The SMILES string of the molecule is CCNc1nc(CC2CCCCO2)ncc1I. The maximum atomic E-state index is 5.71. The van der Waals surface area contributed by atoms with E-state index in [9.17, 15) is 0 Å². The molecule has 17 heavy (non-hydrogen) atoms. The van der Waals surface area contributed by atoms with E-state index in [1.807, 2.05) is 6.20 Å². The van der Waals surface area contributed by atoms with Crippen molar-refractivity contribution in [2.45, 2.75) is 38.7 Å². The van der Waals surface area contributed by atoms with Gasteiger partial charge in [-0.2, -0.15) is 0 Å². The number of aromatic nitrogens is 2. The van der Waals surface area contributed by atoms with E-state index in [0.717, 1.165) is 41.2 Å². The van der Waals surface area contributed by atoms with E-state index < -0.39 is 0 Å². The number of anilines is 1. The Labute approximate surface area is 116 Å². The average Bonchev–Trinajstić information content (AvgIpc) is 2.35. The normalized spacial score (nSPS) is 20.2. The molecule has 0 radical (unpaired) electrons. The third kappa shape index (κ3) is 3.77. The predicted molar refractivity (Wildman–Crippen MR) is 76.2 cm³/mol.